The summed E-state index contributed by atoms with van der Waals surface area (Å²) in [7, 11) is 0. The van der Waals surface area contributed by atoms with Crippen LogP contribution < -0.4 is 10.6 Å². The van der Waals surface area contributed by atoms with Crippen molar-refractivity contribution in [1.29, 1.82) is 0 Å². The van der Waals surface area contributed by atoms with E-state index in [1.807, 2.05) is 13.8 Å². The molecular formula is C17H26N4O3. The van der Waals surface area contributed by atoms with Crippen LogP contribution in [0.1, 0.15) is 41.0 Å². The summed E-state index contributed by atoms with van der Waals surface area (Å²) in [5.41, 5.74) is 0.796. The van der Waals surface area contributed by atoms with Crippen LogP contribution in [0.15, 0.2) is 18.5 Å². The molecule has 1 atom stereocenters. The highest BCUT2D eigenvalue weighted by atomic mass is 16.5. The Morgan fingerprint density at radius 1 is 1.25 bits per heavy atom. The number of carbonyl (C=O) groups is 2. The number of nitrogens with one attached hydrogen (secondary N) is 2. The molecule has 2 amide bonds. The van der Waals surface area contributed by atoms with Crippen LogP contribution in [0.2, 0.25) is 0 Å². The number of aromatic nitrogens is 1. The Labute approximate surface area is 142 Å². The summed E-state index contributed by atoms with van der Waals surface area (Å²) in [4.78, 5) is 30.6. The van der Waals surface area contributed by atoms with Crippen molar-refractivity contribution in [2.75, 3.05) is 39.4 Å². The number of nitrogens with zero attached hydrogens (tertiary/aromatic N) is 2. The fraction of sp³-hybridized carbons (Fsp3) is 0.588. The van der Waals surface area contributed by atoms with Crippen molar-refractivity contribution in [3.63, 3.8) is 0 Å². The smallest absolute Gasteiger partial charge is 0.253 e. The molecule has 1 unspecified atom stereocenters. The maximum atomic E-state index is 12.2. The quantitative estimate of drug-likeness (QED) is 0.766. The van der Waals surface area contributed by atoms with Gasteiger partial charge in [-0.3, -0.25) is 19.5 Å². The van der Waals surface area contributed by atoms with Crippen LogP contribution in [-0.2, 0) is 4.74 Å². The minimum Gasteiger partial charge on any atom is -0.379 e. The molecule has 0 radical (unpaired) electrons. The van der Waals surface area contributed by atoms with E-state index in [0.717, 1.165) is 39.3 Å². The zero-order valence-electron chi connectivity index (χ0n) is 14.4. The second-order valence-corrected chi connectivity index (χ2v) is 5.95. The number of ether oxygens (including phenoxy) is 1. The molecule has 1 fully saturated rings. The van der Waals surface area contributed by atoms with E-state index in [0.29, 0.717) is 17.7 Å². The standard InChI is InChI=1S/C17H26N4O3/c1-3-13(2)20-17(23)15-10-14(11-18-12-15)16(22)19-4-5-21-6-8-24-9-7-21/h10-13H,3-9H2,1-2H3,(H,19,22)(H,20,23). The topological polar surface area (TPSA) is 83.6 Å². The van der Waals surface area contributed by atoms with Crippen molar-refractivity contribution in [3.8, 4) is 0 Å². The molecule has 1 aromatic heterocycles. The summed E-state index contributed by atoms with van der Waals surface area (Å²) in [6.45, 7) is 8.55. The summed E-state index contributed by atoms with van der Waals surface area (Å²) in [5, 5.41) is 5.74. The van der Waals surface area contributed by atoms with Gasteiger partial charge in [0.2, 0.25) is 0 Å². The van der Waals surface area contributed by atoms with E-state index >= 15 is 0 Å². The van der Waals surface area contributed by atoms with Crippen LogP contribution in [-0.4, -0.2) is 67.1 Å². The van der Waals surface area contributed by atoms with Gasteiger partial charge in [-0.1, -0.05) is 6.92 Å². The van der Waals surface area contributed by atoms with Crippen LogP contribution in [0.25, 0.3) is 0 Å². The van der Waals surface area contributed by atoms with Gasteiger partial charge >= 0.3 is 0 Å². The summed E-state index contributed by atoms with van der Waals surface area (Å²) in [6, 6.07) is 1.66. The molecular weight excluding hydrogens is 308 g/mol. The van der Waals surface area contributed by atoms with Crippen LogP contribution in [0, 0.1) is 0 Å². The van der Waals surface area contributed by atoms with E-state index in [4.69, 9.17) is 4.74 Å². The summed E-state index contributed by atoms with van der Waals surface area (Å²) < 4.78 is 5.29. The Hall–Kier alpha value is -1.99. The third kappa shape index (κ3) is 5.58. The average Bonchev–Trinajstić information content (AvgIpc) is 2.62. The number of rotatable bonds is 7. The molecule has 7 nitrogen and oxygen atoms in total. The second kappa shape index (κ2) is 9.34. The van der Waals surface area contributed by atoms with E-state index in [9.17, 15) is 9.59 Å². The molecule has 0 spiro atoms. The van der Waals surface area contributed by atoms with Crippen molar-refractivity contribution in [1.82, 2.24) is 20.5 Å². The normalized spacial score (nSPS) is 16.4. The lowest BCUT2D eigenvalue weighted by molar-refractivity contribution is 0.0383. The van der Waals surface area contributed by atoms with Gasteiger partial charge < -0.3 is 15.4 Å². The van der Waals surface area contributed by atoms with Gasteiger partial charge in [-0.2, -0.15) is 0 Å². The molecule has 0 aromatic carbocycles. The van der Waals surface area contributed by atoms with Crippen molar-refractivity contribution in [2.45, 2.75) is 26.3 Å². The van der Waals surface area contributed by atoms with Crippen molar-refractivity contribution >= 4 is 11.8 Å². The van der Waals surface area contributed by atoms with Crippen molar-refractivity contribution in [3.05, 3.63) is 29.6 Å². The Balaban J connectivity index is 1.85. The minimum absolute atomic E-state index is 0.0866. The molecule has 1 saturated heterocycles. The van der Waals surface area contributed by atoms with Gasteiger partial charge in [-0.15, -0.1) is 0 Å². The number of hydrogen-bond donors (Lipinski definition) is 2. The fourth-order valence-electron chi connectivity index (χ4n) is 2.35. The highest BCUT2D eigenvalue weighted by molar-refractivity contribution is 5.99. The van der Waals surface area contributed by atoms with Crippen molar-refractivity contribution < 1.29 is 14.3 Å². The van der Waals surface area contributed by atoms with Crippen molar-refractivity contribution in [2.24, 2.45) is 0 Å². The molecule has 2 N–H and O–H groups in total. The third-order valence-corrected chi connectivity index (χ3v) is 4.07. The molecule has 1 aromatic rings. The summed E-state index contributed by atoms with van der Waals surface area (Å²) in [6.07, 6.45) is 3.80. The number of pyridine rings is 1. The number of carbonyl (C=O) groups excluding carboxylic acids is 2. The van der Waals surface area contributed by atoms with Gasteiger partial charge in [-0.05, 0) is 19.4 Å². The third-order valence-electron chi connectivity index (χ3n) is 4.07. The molecule has 24 heavy (non-hydrogen) atoms. The van der Waals surface area contributed by atoms with Gasteiger partial charge in [0.15, 0.2) is 0 Å². The first-order valence-electron chi connectivity index (χ1n) is 8.44. The zero-order valence-corrected chi connectivity index (χ0v) is 14.4. The van der Waals surface area contributed by atoms with Gasteiger partial charge in [-0.25, -0.2) is 0 Å². The molecule has 1 aliphatic heterocycles. The molecule has 132 valence electrons. The molecule has 7 heteroatoms. The Morgan fingerprint density at radius 2 is 1.92 bits per heavy atom. The lowest BCUT2D eigenvalue weighted by Crippen LogP contribution is -2.41. The predicted octanol–water partition coefficient (Wildman–Crippen LogP) is 0.672. The maximum absolute atomic E-state index is 12.2. The molecule has 2 heterocycles. The summed E-state index contributed by atoms with van der Waals surface area (Å²) >= 11 is 0. The predicted molar refractivity (Wildman–Crippen MR) is 91.0 cm³/mol. The van der Waals surface area contributed by atoms with Gasteiger partial charge in [0.05, 0.1) is 24.3 Å². The largest absolute Gasteiger partial charge is 0.379 e. The SMILES string of the molecule is CCC(C)NC(=O)c1cncc(C(=O)NCCN2CCOCC2)c1. The molecule has 0 saturated carbocycles. The fourth-order valence-corrected chi connectivity index (χ4v) is 2.35. The molecule has 0 bridgehead atoms. The molecule has 0 aliphatic carbocycles. The van der Waals surface area contributed by atoms with Crippen LogP contribution in [0.4, 0.5) is 0 Å². The average molecular weight is 334 g/mol. The number of amides is 2. The lowest BCUT2D eigenvalue weighted by Gasteiger charge is -2.26. The highest BCUT2D eigenvalue weighted by Gasteiger charge is 2.14. The van der Waals surface area contributed by atoms with E-state index in [1.54, 1.807) is 6.07 Å². The Morgan fingerprint density at radius 3 is 2.58 bits per heavy atom. The lowest BCUT2D eigenvalue weighted by atomic mass is 10.1. The number of hydrogen-bond acceptors (Lipinski definition) is 5. The van der Waals surface area contributed by atoms with E-state index in [2.05, 4.69) is 20.5 Å². The van der Waals surface area contributed by atoms with Crippen LogP contribution in [0.5, 0.6) is 0 Å². The van der Waals surface area contributed by atoms with E-state index in [1.165, 1.54) is 12.4 Å². The first-order chi connectivity index (χ1) is 11.6. The van der Waals surface area contributed by atoms with Gasteiger partial charge in [0, 0.05) is 44.6 Å². The molecule has 1 aliphatic rings. The van der Waals surface area contributed by atoms with E-state index in [-0.39, 0.29) is 17.9 Å². The first kappa shape index (κ1) is 18.4. The number of morpholine rings is 1. The Kier molecular flexibility index (Phi) is 7.14. The van der Waals surface area contributed by atoms with Gasteiger partial charge in [0.25, 0.3) is 11.8 Å². The van der Waals surface area contributed by atoms with Crippen LogP contribution in [0.3, 0.4) is 0 Å². The van der Waals surface area contributed by atoms with Crippen LogP contribution >= 0.6 is 0 Å². The van der Waals surface area contributed by atoms with Gasteiger partial charge in [0.1, 0.15) is 0 Å². The zero-order chi connectivity index (χ0) is 17.4. The first-order valence-corrected chi connectivity index (χ1v) is 8.44. The van der Waals surface area contributed by atoms with E-state index < -0.39 is 0 Å². The second-order valence-electron chi connectivity index (χ2n) is 5.95. The maximum Gasteiger partial charge on any atom is 0.253 e. The Bertz CT molecular complexity index is 559. The minimum atomic E-state index is -0.214. The summed E-state index contributed by atoms with van der Waals surface area (Å²) in [5.74, 6) is -0.422. The monoisotopic (exact) mass is 334 g/mol. The molecule has 2 rings (SSSR count). The highest BCUT2D eigenvalue weighted by Crippen LogP contribution is 2.04.